The first-order valence-electron chi connectivity index (χ1n) is 6.34. The van der Waals surface area contributed by atoms with E-state index in [2.05, 4.69) is 10.6 Å². The van der Waals surface area contributed by atoms with E-state index in [-0.39, 0.29) is 18.3 Å². The fraction of sp³-hybridized carbons (Fsp3) is 0.615. The number of carbonyl (C=O) groups excluding carboxylic acids is 1. The van der Waals surface area contributed by atoms with Crippen LogP contribution in [0, 0.1) is 5.92 Å². The molecule has 0 aliphatic carbocycles. The van der Waals surface area contributed by atoms with E-state index in [1.807, 2.05) is 12.1 Å². The molecule has 0 aromatic carbocycles. The van der Waals surface area contributed by atoms with Crippen LogP contribution in [0.5, 0.6) is 0 Å². The molecule has 1 amide bonds. The van der Waals surface area contributed by atoms with E-state index in [0.29, 0.717) is 18.9 Å². The molecule has 1 aliphatic heterocycles. The largest absolute Gasteiger partial charge is 0.467 e. The molecule has 0 bridgehead atoms. The summed E-state index contributed by atoms with van der Waals surface area (Å²) in [6, 6.07) is 3.70. The quantitative estimate of drug-likeness (QED) is 0.863. The second-order valence-electron chi connectivity index (χ2n) is 4.59. The van der Waals surface area contributed by atoms with Crippen LogP contribution in [-0.4, -0.2) is 19.0 Å². The summed E-state index contributed by atoms with van der Waals surface area (Å²) in [5.74, 6) is 1.64. The minimum atomic E-state index is 0. The predicted octanol–water partition coefficient (Wildman–Crippen LogP) is 2.10. The summed E-state index contributed by atoms with van der Waals surface area (Å²) >= 11 is 0. The van der Waals surface area contributed by atoms with Gasteiger partial charge in [-0.2, -0.15) is 0 Å². The highest BCUT2D eigenvalue weighted by Gasteiger charge is 2.14. The van der Waals surface area contributed by atoms with E-state index < -0.39 is 0 Å². The van der Waals surface area contributed by atoms with Crippen molar-refractivity contribution in [3.63, 3.8) is 0 Å². The maximum atomic E-state index is 11.6. The number of carbonyl (C=O) groups is 1. The molecule has 0 atom stereocenters. The number of furan rings is 1. The molecule has 4 nitrogen and oxygen atoms in total. The van der Waals surface area contributed by atoms with E-state index in [1.54, 1.807) is 6.26 Å². The molecule has 102 valence electrons. The van der Waals surface area contributed by atoms with E-state index in [0.717, 1.165) is 25.3 Å². The van der Waals surface area contributed by atoms with Crippen molar-refractivity contribution >= 4 is 18.3 Å². The van der Waals surface area contributed by atoms with Crippen molar-refractivity contribution in [2.75, 3.05) is 13.1 Å². The van der Waals surface area contributed by atoms with Crippen LogP contribution in [0.2, 0.25) is 0 Å². The van der Waals surface area contributed by atoms with Crippen molar-refractivity contribution in [3.05, 3.63) is 24.2 Å². The summed E-state index contributed by atoms with van der Waals surface area (Å²) in [6.07, 6.45) is 5.66. The lowest BCUT2D eigenvalue weighted by atomic mass is 9.93. The summed E-state index contributed by atoms with van der Waals surface area (Å²) in [7, 11) is 0. The molecule has 0 saturated carbocycles. The SMILES string of the molecule is Cl.O=C(CCC1CCNCC1)NCc1ccco1. The Morgan fingerprint density at radius 3 is 2.89 bits per heavy atom. The van der Waals surface area contributed by atoms with Crippen LogP contribution in [0.1, 0.15) is 31.4 Å². The van der Waals surface area contributed by atoms with Crippen molar-refractivity contribution < 1.29 is 9.21 Å². The fourth-order valence-electron chi connectivity index (χ4n) is 2.19. The zero-order valence-corrected chi connectivity index (χ0v) is 11.3. The average molecular weight is 273 g/mol. The molecule has 2 heterocycles. The second kappa shape index (κ2) is 8.16. The standard InChI is InChI=1S/C13H20N2O2.ClH/c16-13(15-10-12-2-1-9-17-12)4-3-11-5-7-14-8-6-11;/h1-2,9,11,14H,3-8,10H2,(H,15,16);1H. The Labute approximate surface area is 114 Å². The first-order chi connectivity index (χ1) is 8.34. The minimum absolute atomic E-state index is 0. The van der Waals surface area contributed by atoms with Gasteiger partial charge < -0.3 is 15.1 Å². The first kappa shape index (κ1) is 15.1. The Morgan fingerprint density at radius 2 is 2.22 bits per heavy atom. The van der Waals surface area contributed by atoms with Gasteiger partial charge in [-0.15, -0.1) is 12.4 Å². The lowest BCUT2D eigenvalue weighted by Crippen LogP contribution is -2.29. The van der Waals surface area contributed by atoms with Crippen LogP contribution in [0.3, 0.4) is 0 Å². The third-order valence-electron chi connectivity index (χ3n) is 3.28. The summed E-state index contributed by atoms with van der Waals surface area (Å²) in [6.45, 7) is 2.69. The molecule has 1 aromatic heterocycles. The summed E-state index contributed by atoms with van der Waals surface area (Å²) in [4.78, 5) is 11.6. The van der Waals surface area contributed by atoms with Crippen molar-refractivity contribution in [1.82, 2.24) is 10.6 Å². The molecule has 1 saturated heterocycles. The van der Waals surface area contributed by atoms with Gasteiger partial charge in [-0.05, 0) is 50.4 Å². The zero-order valence-electron chi connectivity index (χ0n) is 10.5. The van der Waals surface area contributed by atoms with Gasteiger partial charge >= 0.3 is 0 Å². The summed E-state index contributed by atoms with van der Waals surface area (Å²) < 4.78 is 5.16. The highest BCUT2D eigenvalue weighted by molar-refractivity contribution is 5.85. The molecule has 5 heteroatoms. The fourth-order valence-corrected chi connectivity index (χ4v) is 2.19. The number of halogens is 1. The van der Waals surface area contributed by atoms with Gasteiger partial charge in [-0.1, -0.05) is 0 Å². The normalized spacial score (nSPS) is 16.0. The van der Waals surface area contributed by atoms with Crippen LogP contribution in [0.15, 0.2) is 22.8 Å². The topological polar surface area (TPSA) is 54.3 Å². The predicted molar refractivity (Wildman–Crippen MR) is 72.6 cm³/mol. The molecule has 0 unspecified atom stereocenters. The Balaban J connectivity index is 0.00000162. The highest BCUT2D eigenvalue weighted by atomic mass is 35.5. The van der Waals surface area contributed by atoms with Crippen molar-refractivity contribution in [1.29, 1.82) is 0 Å². The maximum absolute atomic E-state index is 11.6. The van der Waals surface area contributed by atoms with Gasteiger partial charge in [0.15, 0.2) is 0 Å². The van der Waals surface area contributed by atoms with Crippen LogP contribution >= 0.6 is 12.4 Å². The lowest BCUT2D eigenvalue weighted by molar-refractivity contribution is -0.121. The van der Waals surface area contributed by atoms with Gasteiger partial charge in [0.2, 0.25) is 5.91 Å². The molecule has 0 radical (unpaired) electrons. The average Bonchev–Trinajstić information content (AvgIpc) is 2.88. The number of nitrogens with one attached hydrogen (secondary N) is 2. The van der Waals surface area contributed by atoms with Crippen molar-refractivity contribution in [3.8, 4) is 0 Å². The minimum Gasteiger partial charge on any atom is -0.467 e. The number of piperidine rings is 1. The molecule has 1 fully saturated rings. The summed E-state index contributed by atoms with van der Waals surface area (Å²) in [5.41, 5.74) is 0. The van der Waals surface area contributed by atoms with E-state index in [4.69, 9.17) is 4.42 Å². The molecule has 1 aliphatic rings. The molecule has 1 aromatic rings. The number of hydrogen-bond donors (Lipinski definition) is 2. The van der Waals surface area contributed by atoms with Gasteiger partial charge in [0.1, 0.15) is 5.76 Å². The van der Waals surface area contributed by atoms with E-state index in [1.165, 1.54) is 12.8 Å². The molecule has 2 N–H and O–H groups in total. The Kier molecular flexibility index (Phi) is 6.83. The number of amides is 1. The van der Waals surface area contributed by atoms with Crippen molar-refractivity contribution in [2.45, 2.75) is 32.2 Å². The smallest absolute Gasteiger partial charge is 0.220 e. The van der Waals surface area contributed by atoms with E-state index in [9.17, 15) is 4.79 Å². The number of rotatable bonds is 5. The first-order valence-corrected chi connectivity index (χ1v) is 6.34. The van der Waals surface area contributed by atoms with Gasteiger partial charge in [-0.25, -0.2) is 0 Å². The molecular formula is C13H21ClN2O2. The van der Waals surface area contributed by atoms with Gasteiger partial charge in [0.05, 0.1) is 12.8 Å². The Bertz CT molecular complexity index is 335. The molecular weight excluding hydrogens is 252 g/mol. The summed E-state index contributed by atoms with van der Waals surface area (Å²) in [5, 5.41) is 6.21. The van der Waals surface area contributed by atoms with Crippen LogP contribution in [0.25, 0.3) is 0 Å². The van der Waals surface area contributed by atoms with Crippen LogP contribution in [-0.2, 0) is 11.3 Å². The Hall–Kier alpha value is -1.00. The van der Waals surface area contributed by atoms with Crippen LogP contribution < -0.4 is 10.6 Å². The third kappa shape index (κ3) is 5.10. The second-order valence-corrected chi connectivity index (χ2v) is 4.59. The number of hydrogen-bond acceptors (Lipinski definition) is 3. The van der Waals surface area contributed by atoms with Crippen molar-refractivity contribution in [2.24, 2.45) is 5.92 Å². The highest BCUT2D eigenvalue weighted by Crippen LogP contribution is 2.17. The molecule has 0 spiro atoms. The van der Waals surface area contributed by atoms with Gasteiger partial charge in [0, 0.05) is 6.42 Å². The molecule has 18 heavy (non-hydrogen) atoms. The van der Waals surface area contributed by atoms with Gasteiger partial charge in [0.25, 0.3) is 0 Å². The zero-order chi connectivity index (χ0) is 11.9. The third-order valence-corrected chi connectivity index (χ3v) is 3.28. The molecule has 2 rings (SSSR count). The Morgan fingerprint density at radius 1 is 1.44 bits per heavy atom. The van der Waals surface area contributed by atoms with Gasteiger partial charge in [-0.3, -0.25) is 4.79 Å². The van der Waals surface area contributed by atoms with Crippen LogP contribution in [0.4, 0.5) is 0 Å². The van der Waals surface area contributed by atoms with E-state index >= 15 is 0 Å². The monoisotopic (exact) mass is 272 g/mol. The maximum Gasteiger partial charge on any atom is 0.220 e. The lowest BCUT2D eigenvalue weighted by Gasteiger charge is -2.22.